The number of carbonyl (C=O) groups excluding carboxylic acids is 1. The minimum atomic E-state index is -0.584. The first-order valence-electron chi connectivity index (χ1n) is 7.80. The maximum Gasteiger partial charge on any atom is 0.420 e. The van der Waals surface area contributed by atoms with Crippen LogP contribution in [0.25, 0.3) is 22.4 Å². The number of nitrogens with one attached hydrogen (secondary N) is 1. The van der Waals surface area contributed by atoms with Gasteiger partial charge >= 0.3 is 5.76 Å². The lowest BCUT2D eigenvalue weighted by atomic mass is 10.2. The van der Waals surface area contributed by atoms with Crippen LogP contribution in [-0.2, 0) is 11.3 Å². The average Bonchev–Trinajstić information content (AvgIpc) is 3.20. The highest BCUT2D eigenvalue weighted by Crippen LogP contribution is 2.32. The molecule has 1 N–H and O–H groups in total. The number of thiazole rings is 1. The first-order chi connectivity index (χ1) is 13.0. The van der Waals surface area contributed by atoms with Crippen LogP contribution in [0.15, 0.2) is 57.1 Å². The molecule has 27 heavy (non-hydrogen) atoms. The number of fused-ring (bicyclic) bond motifs is 1. The standard InChI is InChI=1S/C18H11Cl2N3O3S/c19-10-5-6-11(12(20)7-10)13-9-27-17(21-13)22-16(24)8-23-14-3-1-2-4-15(14)26-18(23)25/h1-7,9H,8H2,(H,21,22,24). The molecular weight excluding hydrogens is 409 g/mol. The maximum absolute atomic E-state index is 12.3. The summed E-state index contributed by atoms with van der Waals surface area (Å²) in [6, 6.07) is 12.0. The van der Waals surface area contributed by atoms with E-state index >= 15 is 0 Å². The van der Waals surface area contributed by atoms with E-state index in [1.54, 1.807) is 47.8 Å². The normalized spacial score (nSPS) is 11.0. The minimum absolute atomic E-state index is 0.174. The Morgan fingerprint density at radius 2 is 2.04 bits per heavy atom. The molecule has 0 bridgehead atoms. The predicted octanol–water partition coefficient (Wildman–Crippen LogP) is 4.66. The minimum Gasteiger partial charge on any atom is -0.408 e. The number of hydrogen-bond acceptors (Lipinski definition) is 5. The molecule has 0 saturated carbocycles. The van der Waals surface area contributed by atoms with E-state index in [0.29, 0.717) is 32.0 Å². The number of amides is 1. The Bertz CT molecular complexity index is 1210. The third kappa shape index (κ3) is 3.62. The molecule has 2 heterocycles. The monoisotopic (exact) mass is 419 g/mol. The molecule has 0 saturated heterocycles. The fourth-order valence-corrected chi connectivity index (χ4v) is 3.85. The summed E-state index contributed by atoms with van der Waals surface area (Å²) in [7, 11) is 0. The average molecular weight is 420 g/mol. The number of rotatable bonds is 4. The Hall–Kier alpha value is -2.61. The van der Waals surface area contributed by atoms with E-state index in [-0.39, 0.29) is 12.5 Å². The number of carbonyl (C=O) groups is 1. The topological polar surface area (TPSA) is 77.1 Å². The largest absolute Gasteiger partial charge is 0.420 e. The molecule has 0 atom stereocenters. The van der Waals surface area contributed by atoms with E-state index in [1.165, 1.54) is 15.9 Å². The summed E-state index contributed by atoms with van der Waals surface area (Å²) in [6.45, 7) is -0.174. The summed E-state index contributed by atoms with van der Waals surface area (Å²) >= 11 is 13.4. The van der Waals surface area contributed by atoms with Crippen LogP contribution in [0.4, 0.5) is 5.13 Å². The Morgan fingerprint density at radius 1 is 1.22 bits per heavy atom. The molecule has 1 amide bonds. The molecule has 0 fully saturated rings. The highest BCUT2D eigenvalue weighted by molar-refractivity contribution is 7.14. The molecule has 2 aromatic carbocycles. The Kier molecular flexibility index (Phi) is 4.73. The van der Waals surface area contributed by atoms with Crippen LogP contribution in [0.5, 0.6) is 0 Å². The number of halogens is 2. The number of aromatic nitrogens is 2. The van der Waals surface area contributed by atoms with Gasteiger partial charge in [0.05, 0.1) is 16.2 Å². The van der Waals surface area contributed by atoms with Gasteiger partial charge in [-0.15, -0.1) is 11.3 Å². The van der Waals surface area contributed by atoms with Crippen molar-refractivity contribution in [2.45, 2.75) is 6.54 Å². The fourth-order valence-electron chi connectivity index (χ4n) is 2.62. The summed E-state index contributed by atoms with van der Waals surface area (Å²) in [4.78, 5) is 28.7. The zero-order valence-electron chi connectivity index (χ0n) is 13.6. The van der Waals surface area contributed by atoms with Crippen molar-refractivity contribution in [2.24, 2.45) is 0 Å². The van der Waals surface area contributed by atoms with Gasteiger partial charge in [0.25, 0.3) is 0 Å². The van der Waals surface area contributed by atoms with Crippen molar-refractivity contribution in [3.8, 4) is 11.3 Å². The molecule has 4 rings (SSSR count). The van der Waals surface area contributed by atoms with Gasteiger partial charge < -0.3 is 9.73 Å². The van der Waals surface area contributed by atoms with Crippen LogP contribution in [0, 0.1) is 0 Å². The van der Waals surface area contributed by atoms with Crippen molar-refractivity contribution < 1.29 is 9.21 Å². The lowest BCUT2D eigenvalue weighted by Crippen LogP contribution is -2.24. The first kappa shape index (κ1) is 17.8. The van der Waals surface area contributed by atoms with E-state index in [4.69, 9.17) is 27.6 Å². The van der Waals surface area contributed by atoms with Crippen molar-refractivity contribution in [2.75, 3.05) is 5.32 Å². The Labute approximate surface area is 167 Å². The summed E-state index contributed by atoms with van der Waals surface area (Å²) < 4.78 is 6.40. The predicted molar refractivity (Wildman–Crippen MR) is 107 cm³/mol. The second kappa shape index (κ2) is 7.19. The van der Waals surface area contributed by atoms with Gasteiger partial charge in [0.1, 0.15) is 6.54 Å². The zero-order valence-corrected chi connectivity index (χ0v) is 15.9. The van der Waals surface area contributed by atoms with Crippen molar-refractivity contribution in [1.82, 2.24) is 9.55 Å². The number of anilines is 1. The van der Waals surface area contributed by atoms with Crippen molar-refractivity contribution >= 4 is 56.7 Å². The maximum atomic E-state index is 12.3. The van der Waals surface area contributed by atoms with Crippen LogP contribution in [-0.4, -0.2) is 15.5 Å². The fraction of sp³-hybridized carbons (Fsp3) is 0.0556. The second-order valence-electron chi connectivity index (χ2n) is 5.63. The van der Waals surface area contributed by atoms with Gasteiger partial charge in [0.2, 0.25) is 5.91 Å². The highest BCUT2D eigenvalue weighted by Gasteiger charge is 2.14. The highest BCUT2D eigenvalue weighted by atomic mass is 35.5. The molecule has 2 aromatic heterocycles. The lowest BCUT2D eigenvalue weighted by Gasteiger charge is -2.03. The second-order valence-corrected chi connectivity index (χ2v) is 7.33. The molecule has 9 heteroatoms. The van der Waals surface area contributed by atoms with Crippen molar-refractivity contribution in [3.05, 3.63) is 68.4 Å². The quantitative estimate of drug-likeness (QED) is 0.521. The summed E-state index contributed by atoms with van der Waals surface area (Å²) in [5, 5.41) is 5.88. The number of nitrogens with zero attached hydrogens (tertiary/aromatic N) is 2. The SMILES string of the molecule is O=C(Cn1c(=O)oc2ccccc21)Nc1nc(-c2ccc(Cl)cc2Cl)cs1. The van der Waals surface area contributed by atoms with Crippen LogP contribution < -0.4 is 11.1 Å². The molecule has 0 aliphatic rings. The molecule has 0 radical (unpaired) electrons. The van der Waals surface area contributed by atoms with E-state index in [1.807, 2.05) is 0 Å². The van der Waals surface area contributed by atoms with Crippen LogP contribution in [0.1, 0.15) is 0 Å². The molecule has 0 unspecified atom stereocenters. The van der Waals surface area contributed by atoms with Gasteiger partial charge in [-0.2, -0.15) is 0 Å². The summed E-state index contributed by atoms with van der Waals surface area (Å²) in [6.07, 6.45) is 0. The molecular formula is C18H11Cl2N3O3S. The first-order valence-corrected chi connectivity index (χ1v) is 9.44. The Morgan fingerprint density at radius 3 is 2.85 bits per heavy atom. The molecule has 0 spiro atoms. The molecule has 0 aliphatic carbocycles. The van der Waals surface area contributed by atoms with Crippen molar-refractivity contribution in [1.29, 1.82) is 0 Å². The molecule has 136 valence electrons. The van der Waals surface area contributed by atoms with Gasteiger partial charge in [-0.25, -0.2) is 9.78 Å². The van der Waals surface area contributed by atoms with Crippen LogP contribution in [0.2, 0.25) is 10.0 Å². The van der Waals surface area contributed by atoms with Gasteiger partial charge in [-0.1, -0.05) is 35.3 Å². The summed E-state index contributed by atoms with van der Waals surface area (Å²) in [5.41, 5.74) is 2.34. The van der Waals surface area contributed by atoms with E-state index in [9.17, 15) is 9.59 Å². The zero-order chi connectivity index (χ0) is 19.0. The third-order valence-corrected chi connectivity index (χ3v) is 5.14. The number of oxazole rings is 1. The molecule has 4 aromatic rings. The van der Waals surface area contributed by atoms with E-state index in [0.717, 1.165) is 5.56 Å². The lowest BCUT2D eigenvalue weighted by molar-refractivity contribution is -0.116. The van der Waals surface area contributed by atoms with E-state index in [2.05, 4.69) is 10.3 Å². The van der Waals surface area contributed by atoms with Crippen molar-refractivity contribution in [3.63, 3.8) is 0 Å². The smallest absolute Gasteiger partial charge is 0.408 e. The summed E-state index contributed by atoms with van der Waals surface area (Å²) in [5.74, 6) is -0.967. The van der Waals surface area contributed by atoms with Gasteiger partial charge in [-0.05, 0) is 30.3 Å². The number of hydrogen-bond donors (Lipinski definition) is 1. The Balaban J connectivity index is 1.53. The van der Waals surface area contributed by atoms with Gasteiger partial charge in [-0.3, -0.25) is 9.36 Å². The van der Waals surface area contributed by atoms with E-state index < -0.39 is 5.76 Å². The van der Waals surface area contributed by atoms with Crippen LogP contribution >= 0.6 is 34.5 Å². The number of benzene rings is 2. The number of para-hydroxylation sites is 2. The van der Waals surface area contributed by atoms with Crippen LogP contribution in [0.3, 0.4) is 0 Å². The third-order valence-electron chi connectivity index (χ3n) is 3.83. The van der Waals surface area contributed by atoms with Gasteiger partial charge in [0.15, 0.2) is 10.7 Å². The van der Waals surface area contributed by atoms with Gasteiger partial charge in [0, 0.05) is 16.0 Å². The molecule has 0 aliphatic heterocycles. The molecule has 6 nitrogen and oxygen atoms in total.